The second-order valence-corrected chi connectivity index (χ2v) is 6.85. The van der Waals surface area contributed by atoms with Crippen LogP contribution in [0.15, 0.2) is 18.2 Å². The van der Waals surface area contributed by atoms with Crippen LogP contribution in [0.5, 0.6) is 0 Å². The number of ether oxygens (including phenoxy) is 1. The van der Waals surface area contributed by atoms with Gasteiger partial charge in [-0.1, -0.05) is 11.3 Å². The zero-order valence-electron chi connectivity index (χ0n) is 14.1. The number of thiazole rings is 1. The standard InChI is InChI=1S/C16H22N4O2S.2ClH/c1-11(17)2-5-15(21)18-12-3-4-13-14(10-12)23-16(19-13)20-6-8-22-9-7-20;;/h3-4,10-11H,2,5-9,17H2,1H3,(H,18,21);2*1H. The Morgan fingerprint density at radius 2 is 2.12 bits per heavy atom. The number of benzene rings is 1. The number of morpholine rings is 1. The molecule has 1 saturated heterocycles. The number of amides is 1. The van der Waals surface area contributed by atoms with Crippen LogP contribution < -0.4 is 16.0 Å². The molecule has 2 heterocycles. The van der Waals surface area contributed by atoms with E-state index in [2.05, 4.69) is 15.2 Å². The minimum atomic E-state index is -0.000400. The van der Waals surface area contributed by atoms with Crippen molar-refractivity contribution in [3.05, 3.63) is 18.2 Å². The van der Waals surface area contributed by atoms with Gasteiger partial charge in [0, 0.05) is 31.2 Å². The number of aromatic nitrogens is 1. The first-order chi connectivity index (χ1) is 11.1. The maximum atomic E-state index is 11.9. The van der Waals surface area contributed by atoms with E-state index >= 15 is 0 Å². The molecule has 1 aliphatic rings. The summed E-state index contributed by atoms with van der Waals surface area (Å²) in [7, 11) is 0. The van der Waals surface area contributed by atoms with Crippen molar-refractivity contribution >= 4 is 63.1 Å². The molecule has 1 aromatic carbocycles. The molecule has 3 N–H and O–H groups in total. The number of nitrogens with two attached hydrogens (primary N) is 1. The lowest BCUT2D eigenvalue weighted by Crippen LogP contribution is -2.36. The highest BCUT2D eigenvalue weighted by Crippen LogP contribution is 2.31. The van der Waals surface area contributed by atoms with Crippen LogP contribution in [0.4, 0.5) is 10.8 Å². The number of carbonyl (C=O) groups is 1. The Morgan fingerprint density at radius 1 is 1.40 bits per heavy atom. The molecule has 3 rings (SSSR count). The van der Waals surface area contributed by atoms with E-state index in [0.717, 1.165) is 47.3 Å². The lowest BCUT2D eigenvalue weighted by atomic mass is 10.2. The summed E-state index contributed by atoms with van der Waals surface area (Å²) in [6.45, 7) is 5.15. The first-order valence-electron chi connectivity index (χ1n) is 7.90. The second kappa shape index (κ2) is 10.1. The molecule has 0 saturated carbocycles. The van der Waals surface area contributed by atoms with Crippen LogP contribution >= 0.6 is 36.2 Å². The largest absolute Gasteiger partial charge is 0.378 e. The van der Waals surface area contributed by atoms with Gasteiger partial charge in [-0.05, 0) is 31.5 Å². The molecule has 1 fully saturated rings. The van der Waals surface area contributed by atoms with Gasteiger partial charge in [-0.2, -0.15) is 0 Å². The predicted octanol–water partition coefficient (Wildman–Crippen LogP) is 3.04. The Morgan fingerprint density at radius 3 is 2.80 bits per heavy atom. The third kappa shape index (κ3) is 5.97. The lowest BCUT2D eigenvalue weighted by molar-refractivity contribution is -0.116. The maximum absolute atomic E-state index is 11.9. The summed E-state index contributed by atoms with van der Waals surface area (Å²) >= 11 is 1.65. The Labute approximate surface area is 163 Å². The monoisotopic (exact) mass is 406 g/mol. The number of rotatable bonds is 5. The van der Waals surface area contributed by atoms with Crippen molar-refractivity contribution in [2.45, 2.75) is 25.8 Å². The number of hydrogen-bond acceptors (Lipinski definition) is 6. The van der Waals surface area contributed by atoms with Gasteiger partial charge in [0.25, 0.3) is 0 Å². The Kier molecular flexibility index (Phi) is 8.88. The number of carbonyl (C=O) groups excluding carboxylic acids is 1. The van der Waals surface area contributed by atoms with E-state index in [9.17, 15) is 4.79 Å². The molecule has 1 aromatic heterocycles. The normalized spacial score (nSPS) is 15.2. The first-order valence-corrected chi connectivity index (χ1v) is 8.72. The highest BCUT2D eigenvalue weighted by atomic mass is 35.5. The van der Waals surface area contributed by atoms with Gasteiger partial charge in [0.2, 0.25) is 5.91 Å². The van der Waals surface area contributed by atoms with Gasteiger partial charge in [0.05, 0.1) is 23.4 Å². The molecule has 0 spiro atoms. The van der Waals surface area contributed by atoms with Gasteiger partial charge >= 0.3 is 0 Å². The van der Waals surface area contributed by atoms with Crippen LogP contribution in [0.1, 0.15) is 19.8 Å². The van der Waals surface area contributed by atoms with Gasteiger partial charge < -0.3 is 20.7 Å². The number of fused-ring (bicyclic) bond motifs is 1. The van der Waals surface area contributed by atoms with Gasteiger partial charge in [-0.15, -0.1) is 24.8 Å². The summed E-state index contributed by atoms with van der Waals surface area (Å²) < 4.78 is 6.46. The maximum Gasteiger partial charge on any atom is 0.224 e. The van der Waals surface area contributed by atoms with Crippen LogP contribution in [0.25, 0.3) is 10.2 Å². The summed E-state index contributed by atoms with van der Waals surface area (Å²) in [5.41, 5.74) is 7.45. The third-order valence-corrected chi connectivity index (χ3v) is 4.85. The fraction of sp³-hybridized carbons (Fsp3) is 0.500. The molecule has 1 atom stereocenters. The van der Waals surface area contributed by atoms with E-state index in [0.29, 0.717) is 12.8 Å². The van der Waals surface area contributed by atoms with Crippen molar-refractivity contribution < 1.29 is 9.53 Å². The summed E-state index contributed by atoms with van der Waals surface area (Å²) in [6.07, 6.45) is 1.13. The molecule has 140 valence electrons. The molecule has 0 radical (unpaired) electrons. The molecular formula is C16H24Cl2N4O2S. The predicted molar refractivity (Wildman–Crippen MR) is 109 cm³/mol. The molecule has 0 aliphatic carbocycles. The molecule has 25 heavy (non-hydrogen) atoms. The van der Waals surface area contributed by atoms with Crippen molar-refractivity contribution in [2.24, 2.45) is 5.73 Å². The number of nitrogens with zero attached hydrogens (tertiary/aromatic N) is 2. The lowest BCUT2D eigenvalue weighted by Gasteiger charge is -2.25. The molecule has 1 amide bonds. The topological polar surface area (TPSA) is 80.5 Å². The smallest absolute Gasteiger partial charge is 0.224 e. The fourth-order valence-corrected chi connectivity index (χ4v) is 3.52. The average Bonchev–Trinajstić information content (AvgIpc) is 2.97. The third-order valence-electron chi connectivity index (χ3n) is 3.77. The summed E-state index contributed by atoms with van der Waals surface area (Å²) in [5.74, 6) is -0.000400. The molecule has 1 unspecified atom stereocenters. The van der Waals surface area contributed by atoms with Crippen LogP contribution in [-0.2, 0) is 9.53 Å². The van der Waals surface area contributed by atoms with Crippen molar-refractivity contribution in [3.8, 4) is 0 Å². The quantitative estimate of drug-likeness (QED) is 0.797. The van der Waals surface area contributed by atoms with Gasteiger partial charge in [0.15, 0.2) is 5.13 Å². The van der Waals surface area contributed by atoms with Crippen LogP contribution in [0.3, 0.4) is 0 Å². The van der Waals surface area contributed by atoms with E-state index in [4.69, 9.17) is 10.5 Å². The molecule has 2 aromatic rings. The number of anilines is 2. The molecule has 1 aliphatic heterocycles. The first kappa shape index (κ1) is 21.9. The number of halogens is 2. The van der Waals surface area contributed by atoms with E-state index in [1.165, 1.54) is 0 Å². The SMILES string of the molecule is CC(N)CCC(=O)Nc1ccc2nc(N3CCOCC3)sc2c1.Cl.Cl. The van der Waals surface area contributed by atoms with E-state index in [-0.39, 0.29) is 36.8 Å². The van der Waals surface area contributed by atoms with Crippen LogP contribution in [0, 0.1) is 0 Å². The average molecular weight is 407 g/mol. The Hall–Kier alpha value is -1.12. The zero-order valence-corrected chi connectivity index (χ0v) is 16.5. The molecule has 6 nitrogen and oxygen atoms in total. The summed E-state index contributed by atoms with van der Waals surface area (Å²) in [6, 6.07) is 5.88. The highest BCUT2D eigenvalue weighted by Gasteiger charge is 2.15. The Bertz CT molecular complexity index is 690. The molecule has 9 heteroatoms. The molecular weight excluding hydrogens is 383 g/mol. The second-order valence-electron chi connectivity index (χ2n) is 5.84. The summed E-state index contributed by atoms with van der Waals surface area (Å²) in [5, 5.41) is 3.95. The minimum absolute atomic E-state index is 0. The van der Waals surface area contributed by atoms with E-state index in [1.54, 1.807) is 11.3 Å². The fourth-order valence-electron chi connectivity index (χ4n) is 2.46. The van der Waals surface area contributed by atoms with Gasteiger partial charge in [0.1, 0.15) is 0 Å². The van der Waals surface area contributed by atoms with Gasteiger partial charge in [-0.25, -0.2) is 4.98 Å². The molecule has 0 bridgehead atoms. The van der Waals surface area contributed by atoms with Crippen molar-refractivity contribution in [1.29, 1.82) is 0 Å². The highest BCUT2D eigenvalue weighted by molar-refractivity contribution is 7.22. The van der Waals surface area contributed by atoms with Crippen LogP contribution in [0.2, 0.25) is 0 Å². The number of nitrogens with one attached hydrogen (secondary N) is 1. The minimum Gasteiger partial charge on any atom is -0.378 e. The van der Waals surface area contributed by atoms with E-state index in [1.807, 2.05) is 25.1 Å². The number of hydrogen-bond donors (Lipinski definition) is 2. The van der Waals surface area contributed by atoms with Crippen molar-refractivity contribution in [1.82, 2.24) is 4.98 Å². The van der Waals surface area contributed by atoms with E-state index < -0.39 is 0 Å². The zero-order chi connectivity index (χ0) is 16.2. The van der Waals surface area contributed by atoms with Crippen molar-refractivity contribution in [3.63, 3.8) is 0 Å². The Balaban J connectivity index is 0.00000156. The summed E-state index contributed by atoms with van der Waals surface area (Å²) in [4.78, 5) is 18.8. The van der Waals surface area contributed by atoms with Gasteiger partial charge in [-0.3, -0.25) is 4.79 Å². The van der Waals surface area contributed by atoms with Crippen LogP contribution in [-0.4, -0.2) is 43.2 Å². The van der Waals surface area contributed by atoms with Crippen molar-refractivity contribution in [2.75, 3.05) is 36.5 Å².